The van der Waals surface area contributed by atoms with Crippen LogP contribution in [0.5, 0.6) is 11.5 Å². The zero-order chi connectivity index (χ0) is 11.7. The van der Waals surface area contributed by atoms with E-state index in [1.807, 2.05) is 18.2 Å². The molecule has 1 aliphatic heterocycles. The van der Waals surface area contributed by atoms with E-state index in [0.717, 1.165) is 5.56 Å². The van der Waals surface area contributed by atoms with Gasteiger partial charge in [-0.15, -0.1) is 11.6 Å². The maximum Gasteiger partial charge on any atom is 0.261 e. The van der Waals surface area contributed by atoms with Crippen molar-refractivity contribution in [2.75, 3.05) is 13.2 Å². The molecule has 0 spiro atoms. The van der Waals surface area contributed by atoms with Gasteiger partial charge in [-0.3, -0.25) is 0 Å². The Morgan fingerprint density at radius 1 is 1.24 bits per heavy atom. The topological polar surface area (TPSA) is 57.4 Å². The van der Waals surface area contributed by atoms with E-state index in [4.69, 9.17) is 25.6 Å². The molecule has 0 saturated heterocycles. The van der Waals surface area contributed by atoms with Gasteiger partial charge in [0.15, 0.2) is 17.3 Å². The van der Waals surface area contributed by atoms with Crippen molar-refractivity contribution in [1.82, 2.24) is 10.1 Å². The molecule has 3 rings (SSSR count). The van der Waals surface area contributed by atoms with Gasteiger partial charge in [0.1, 0.15) is 13.2 Å². The van der Waals surface area contributed by atoms with Gasteiger partial charge in [-0.25, -0.2) is 0 Å². The van der Waals surface area contributed by atoms with E-state index in [1.54, 1.807) is 0 Å². The molecule has 0 unspecified atom stereocenters. The summed E-state index contributed by atoms with van der Waals surface area (Å²) in [7, 11) is 0. The number of hydrogen-bond acceptors (Lipinski definition) is 5. The van der Waals surface area contributed by atoms with Gasteiger partial charge in [0, 0.05) is 0 Å². The van der Waals surface area contributed by atoms with Crippen molar-refractivity contribution < 1.29 is 14.0 Å². The molecule has 1 aliphatic rings. The minimum atomic E-state index is 0.218. The lowest BCUT2D eigenvalue weighted by molar-refractivity contribution is 0.172. The molecule has 1 aromatic carbocycles. The van der Waals surface area contributed by atoms with E-state index in [9.17, 15) is 0 Å². The first-order chi connectivity index (χ1) is 8.38. The average molecular weight is 253 g/mol. The number of fused-ring (bicyclic) bond motifs is 1. The van der Waals surface area contributed by atoms with Crippen LogP contribution in [0.15, 0.2) is 22.7 Å². The summed E-state index contributed by atoms with van der Waals surface area (Å²) in [5.74, 6) is 2.40. The molecule has 0 aliphatic carbocycles. The highest BCUT2D eigenvalue weighted by Gasteiger charge is 2.20. The van der Waals surface area contributed by atoms with E-state index in [0.29, 0.717) is 36.4 Å². The third kappa shape index (κ3) is 1.82. The molecule has 2 aromatic rings. The number of ether oxygens (including phenoxy) is 2. The van der Waals surface area contributed by atoms with Crippen LogP contribution >= 0.6 is 11.6 Å². The normalized spacial score (nSPS) is 13.7. The second-order valence-corrected chi connectivity index (χ2v) is 3.75. The molecule has 0 saturated carbocycles. The first kappa shape index (κ1) is 10.4. The van der Waals surface area contributed by atoms with Crippen molar-refractivity contribution in [2.45, 2.75) is 5.88 Å². The Morgan fingerprint density at radius 3 is 2.94 bits per heavy atom. The van der Waals surface area contributed by atoms with E-state index in [-0.39, 0.29) is 5.88 Å². The zero-order valence-electron chi connectivity index (χ0n) is 8.85. The fraction of sp³-hybridized carbons (Fsp3) is 0.273. The highest BCUT2D eigenvalue weighted by Crippen LogP contribution is 2.38. The van der Waals surface area contributed by atoms with E-state index in [1.165, 1.54) is 0 Å². The van der Waals surface area contributed by atoms with Crippen LogP contribution in [-0.4, -0.2) is 23.4 Å². The van der Waals surface area contributed by atoms with E-state index >= 15 is 0 Å². The van der Waals surface area contributed by atoms with Gasteiger partial charge in [0.2, 0.25) is 0 Å². The Bertz CT molecular complexity index is 541. The molecule has 0 radical (unpaired) electrons. The molecule has 0 N–H and O–H groups in total. The number of nitrogens with zero attached hydrogens (tertiary/aromatic N) is 2. The Balaban J connectivity index is 2.07. The lowest BCUT2D eigenvalue weighted by Crippen LogP contribution is -2.15. The number of aromatic nitrogens is 2. The van der Waals surface area contributed by atoms with Gasteiger partial charge in [0.25, 0.3) is 5.89 Å². The highest BCUT2D eigenvalue weighted by atomic mass is 35.5. The number of alkyl halides is 1. The van der Waals surface area contributed by atoms with Gasteiger partial charge in [-0.05, 0) is 12.1 Å². The van der Waals surface area contributed by atoms with Crippen LogP contribution in [0.3, 0.4) is 0 Å². The quantitative estimate of drug-likeness (QED) is 0.768. The zero-order valence-corrected chi connectivity index (χ0v) is 9.61. The van der Waals surface area contributed by atoms with Crippen molar-refractivity contribution in [1.29, 1.82) is 0 Å². The number of hydrogen-bond donors (Lipinski definition) is 0. The minimum Gasteiger partial charge on any atom is -0.486 e. The Hall–Kier alpha value is -1.75. The lowest BCUT2D eigenvalue weighted by atomic mass is 10.1. The predicted octanol–water partition coefficient (Wildman–Crippen LogP) is 2.25. The molecule has 0 fully saturated rings. The second-order valence-electron chi connectivity index (χ2n) is 3.48. The molecule has 1 aromatic heterocycles. The molecular weight excluding hydrogens is 244 g/mol. The lowest BCUT2D eigenvalue weighted by Gasteiger charge is -2.19. The SMILES string of the molecule is ClCc1noc(-c2cccc3c2OCCO3)n1. The van der Waals surface area contributed by atoms with Crippen molar-refractivity contribution >= 4 is 11.6 Å². The van der Waals surface area contributed by atoms with Crippen LogP contribution in [0.4, 0.5) is 0 Å². The molecule has 88 valence electrons. The van der Waals surface area contributed by atoms with Gasteiger partial charge in [-0.2, -0.15) is 4.98 Å². The average Bonchev–Trinajstić information content (AvgIpc) is 2.87. The van der Waals surface area contributed by atoms with Crippen LogP contribution in [0, 0.1) is 0 Å². The molecule has 6 heteroatoms. The molecule has 0 atom stereocenters. The summed E-state index contributed by atoms with van der Waals surface area (Å²) in [6.45, 7) is 1.06. The fourth-order valence-electron chi connectivity index (χ4n) is 1.66. The predicted molar refractivity (Wildman–Crippen MR) is 60.3 cm³/mol. The summed E-state index contributed by atoms with van der Waals surface area (Å²) in [5, 5.41) is 3.75. The van der Waals surface area contributed by atoms with E-state index in [2.05, 4.69) is 10.1 Å². The molecule has 17 heavy (non-hydrogen) atoms. The summed E-state index contributed by atoms with van der Waals surface area (Å²) in [6.07, 6.45) is 0. The maximum absolute atomic E-state index is 5.63. The smallest absolute Gasteiger partial charge is 0.261 e. The summed E-state index contributed by atoms with van der Waals surface area (Å²) in [4.78, 5) is 4.16. The Kier molecular flexibility index (Phi) is 2.60. The fourth-order valence-corrected chi connectivity index (χ4v) is 1.77. The Labute approximate surface area is 102 Å². The van der Waals surface area contributed by atoms with Crippen LogP contribution in [0.25, 0.3) is 11.5 Å². The molecule has 2 heterocycles. The summed E-state index contributed by atoms with van der Waals surface area (Å²) >= 11 is 5.63. The summed E-state index contributed by atoms with van der Waals surface area (Å²) < 4.78 is 16.2. The van der Waals surface area contributed by atoms with Gasteiger partial charge >= 0.3 is 0 Å². The Morgan fingerprint density at radius 2 is 2.12 bits per heavy atom. The summed E-state index contributed by atoms with van der Waals surface area (Å²) in [5.41, 5.74) is 0.728. The maximum atomic E-state index is 5.63. The monoisotopic (exact) mass is 252 g/mol. The molecule has 5 nitrogen and oxygen atoms in total. The standard InChI is InChI=1S/C11H9ClN2O3/c12-6-9-13-11(17-14-9)7-2-1-3-8-10(7)16-5-4-15-8/h1-3H,4-6H2. The van der Waals surface area contributed by atoms with Crippen molar-refractivity contribution in [3.63, 3.8) is 0 Å². The van der Waals surface area contributed by atoms with Crippen LogP contribution < -0.4 is 9.47 Å². The molecule has 0 bridgehead atoms. The van der Waals surface area contributed by atoms with Crippen LogP contribution in [0.2, 0.25) is 0 Å². The van der Waals surface area contributed by atoms with Crippen LogP contribution in [0.1, 0.15) is 5.82 Å². The largest absolute Gasteiger partial charge is 0.486 e. The van der Waals surface area contributed by atoms with Crippen LogP contribution in [-0.2, 0) is 5.88 Å². The van der Waals surface area contributed by atoms with Gasteiger partial charge in [-0.1, -0.05) is 11.2 Å². The summed E-state index contributed by atoms with van der Waals surface area (Å²) in [6, 6.07) is 5.54. The first-order valence-corrected chi connectivity index (χ1v) is 5.69. The second kappa shape index (κ2) is 4.25. The molecule has 0 amide bonds. The first-order valence-electron chi connectivity index (χ1n) is 5.16. The van der Waals surface area contributed by atoms with Crippen molar-refractivity contribution in [2.24, 2.45) is 0 Å². The van der Waals surface area contributed by atoms with Crippen molar-refractivity contribution in [3.8, 4) is 23.0 Å². The third-order valence-corrected chi connectivity index (χ3v) is 2.62. The number of benzene rings is 1. The third-order valence-electron chi connectivity index (χ3n) is 2.38. The van der Waals surface area contributed by atoms with E-state index < -0.39 is 0 Å². The number of rotatable bonds is 2. The highest BCUT2D eigenvalue weighted by molar-refractivity contribution is 6.16. The minimum absolute atomic E-state index is 0.218. The van der Waals surface area contributed by atoms with Gasteiger partial charge in [0.05, 0.1) is 11.4 Å². The van der Waals surface area contributed by atoms with Gasteiger partial charge < -0.3 is 14.0 Å². The number of para-hydroxylation sites is 1. The number of halogens is 1. The van der Waals surface area contributed by atoms with Crippen molar-refractivity contribution in [3.05, 3.63) is 24.0 Å². The molecular formula is C11H9ClN2O3.